The van der Waals surface area contributed by atoms with Crippen molar-refractivity contribution in [2.75, 3.05) is 6.61 Å². The molecule has 0 spiro atoms. The Balaban J connectivity index is 2.15. The second-order valence-corrected chi connectivity index (χ2v) is 10.6. The standard InChI is InChI=1S/C23H39IO6/c1-6-16(24)21(26)29-13-18(25)30-17-12-14-11-15(17)20(23(28,9-4)10-5)19(14)22(27,7-2)8-3/h14-17,19-20,27-28H,6-13H2,1-5H3. The molecule has 30 heavy (non-hydrogen) atoms. The number of esters is 2. The van der Waals surface area contributed by atoms with E-state index in [9.17, 15) is 19.8 Å². The zero-order chi connectivity index (χ0) is 22.7. The molecule has 6 nitrogen and oxygen atoms in total. The minimum absolute atomic E-state index is 0.000451. The van der Waals surface area contributed by atoms with E-state index in [4.69, 9.17) is 9.47 Å². The van der Waals surface area contributed by atoms with Crippen LogP contribution in [0.1, 0.15) is 79.6 Å². The van der Waals surface area contributed by atoms with E-state index >= 15 is 0 Å². The monoisotopic (exact) mass is 538 g/mol. The highest BCUT2D eigenvalue weighted by atomic mass is 127. The largest absolute Gasteiger partial charge is 0.460 e. The van der Waals surface area contributed by atoms with Crippen molar-refractivity contribution in [1.82, 2.24) is 0 Å². The molecular formula is C23H39IO6. The van der Waals surface area contributed by atoms with Crippen LogP contribution in [0.3, 0.4) is 0 Å². The van der Waals surface area contributed by atoms with Crippen molar-refractivity contribution in [1.29, 1.82) is 0 Å². The predicted octanol–water partition coefficient (Wildman–Crippen LogP) is 4.03. The average Bonchev–Trinajstić information content (AvgIpc) is 3.34. The maximum Gasteiger partial charge on any atom is 0.344 e. The maximum atomic E-state index is 12.4. The van der Waals surface area contributed by atoms with E-state index in [-0.39, 0.29) is 40.3 Å². The van der Waals surface area contributed by atoms with Crippen LogP contribution in [0.15, 0.2) is 0 Å². The van der Waals surface area contributed by atoms with Gasteiger partial charge in [0.2, 0.25) is 0 Å². The third-order valence-corrected chi connectivity index (χ3v) is 9.25. The highest BCUT2D eigenvalue weighted by Crippen LogP contribution is 2.61. The smallest absolute Gasteiger partial charge is 0.344 e. The van der Waals surface area contributed by atoms with Crippen LogP contribution in [0.25, 0.3) is 0 Å². The summed E-state index contributed by atoms with van der Waals surface area (Å²) in [4.78, 5) is 24.2. The van der Waals surface area contributed by atoms with Gasteiger partial charge in [-0.25, -0.2) is 4.79 Å². The molecule has 2 bridgehead atoms. The van der Waals surface area contributed by atoms with Gasteiger partial charge in [0, 0.05) is 5.92 Å². The molecule has 0 saturated heterocycles. The average molecular weight is 538 g/mol. The van der Waals surface area contributed by atoms with Crippen LogP contribution in [-0.4, -0.2) is 50.0 Å². The summed E-state index contributed by atoms with van der Waals surface area (Å²) in [6.45, 7) is 9.49. The van der Waals surface area contributed by atoms with Gasteiger partial charge in [0.1, 0.15) is 10.0 Å². The first-order chi connectivity index (χ1) is 14.1. The quantitative estimate of drug-likeness (QED) is 0.235. The van der Waals surface area contributed by atoms with Gasteiger partial charge in [-0.2, -0.15) is 0 Å². The Hall–Kier alpha value is -0.410. The molecule has 0 heterocycles. The molecule has 6 atom stereocenters. The number of rotatable bonds is 11. The van der Waals surface area contributed by atoms with Gasteiger partial charge < -0.3 is 19.7 Å². The van der Waals surface area contributed by atoms with Gasteiger partial charge in [0.25, 0.3) is 0 Å². The molecule has 0 radical (unpaired) electrons. The fraction of sp³-hybridized carbons (Fsp3) is 0.913. The molecule has 0 amide bonds. The number of carbonyl (C=O) groups excluding carboxylic acids is 2. The summed E-state index contributed by atoms with van der Waals surface area (Å²) in [5.41, 5.74) is -1.71. The number of hydrogen-bond acceptors (Lipinski definition) is 6. The molecule has 6 unspecified atom stereocenters. The summed E-state index contributed by atoms with van der Waals surface area (Å²) in [6.07, 6.45) is 4.39. The SMILES string of the molecule is CCC(I)C(=O)OCC(=O)OC1CC2CC1C(C(O)(CC)CC)C2C(O)(CC)CC. The predicted molar refractivity (Wildman–Crippen MR) is 123 cm³/mol. The first-order valence-corrected chi connectivity index (χ1v) is 12.8. The third kappa shape index (κ3) is 4.98. The fourth-order valence-electron chi connectivity index (χ4n) is 5.98. The van der Waals surface area contributed by atoms with Gasteiger partial charge in [0.15, 0.2) is 6.61 Å². The van der Waals surface area contributed by atoms with Crippen LogP contribution in [-0.2, 0) is 19.1 Å². The van der Waals surface area contributed by atoms with Crippen LogP contribution in [0, 0.1) is 23.7 Å². The molecule has 2 N–H and O–H groups in total. The minimum atomic E-state index is -0.893. The fourth-order valence-corrected chi connectivity index (χ4v) is 6.16. The molecule has 174 valence electrons. The van der Waals surface area contributed by atoms with Crippen molar-refractivity contribution >= 4 is 34.5 Å². The van der Waals surface area contributed by atoms with Gasteiger partial charge in [-0.3, -0.25) is 4.79 Å². The van der Waals surface area contributed by atoms with Crippen molar-refractivity contribution in [2.24, 2.45) is 23.7 Å². The molecule has 0 aromatic carbocycles. The highest BCUT2D eigenvalue weighted by molar-refractivity contribution is 14.1. The molecule has 7 heteroatoms. The number of hydrogen-bond donors (Lipinski definition) is 2. The zero-order valence-electron chi connectivity index (χ0n) is 19.0. The Morgan fingerprint density at radius 2 is 1.50 bits per heavy atom. The molecule has 0 aliphatic heterocycles. The van der Waals surface area contributed by atoms with Crippen LogP contribution < -0.4 is 0 Å². The summed E-state index contributed by atoms with van der Waals surface area (Å²) in [5, 5.41) is 22.9. The second-order valence-electron chi connectivity index (χ2n) is 9.08. The van der Waals surface area contributed by atoms with E-state index < -0.39 is 23.1 Å². The van der Waals surface area contributed by atoms with E-state index in [0.29, 0.717) is 38.5 Å². The highest BCUT2D eigenvalue weighted by Gasteiger charge is 2.63. The van der Waals surface area contributed by atoms with Gasteiger partial charge >= 0.3 is 11.9 Å². The number of halogens is 1. The van der Waals surface area contributed by atoms with Crippen LogP contribution in [0.2, 0.25) is 0 Å². The zero-order valence-corrected chi connectivity index (χ0v) is 21.2. The van der Waals surface area contributed by atoms with Gasteiger partial charge in [-0.05, 0) is 62.7 Å². The summed E-state index contributed by atoms with van der Waals surface area (Å²) < 4.78 is 10.6. The number of carbonyl (C=O) groups is 2. The summed E-state index contributed by atoms with van der Waals surface area (Å²) in [5.74, 6) is -0.817. The first-order valence-electron chi connectivity index (χ1n) is 11.6. The Kier molecular flexibility index (Phi) is 9.02. The molecule has 2 aliphatic rings. The summed E-state index contributed by atoms with van der Waals surface area (Å²) in [7, 11) is 0. The summed E-state index contributed by atoms with van der Waals surface area (Å²) >= 11 is 2.00. The lowest BCUT2D eigenvalue weighted by Crippen LogP contribution is -2.55. The Morgan fingerprint density at radius 1 is 0.967 bits per heavy atom. The van der Waals surface area contributed by atoms with Gasteiger partial charge in [0.05, 0.1) is 11.2 Å². The first kappa shape index (κ1) is 25.8. The van der Waals surface area contributed by atoms with Crippen LogP contribution in [0.4, 0.5) is 0 Å². The van der Waals surface area contributed by atoms with E-state index in [0.717, 1.165) is 6.42 Å². The lowest BCUT2D eigenvalue weighted by atomic mass is 9.60. The van der Waals surface area contributed by atoms with Crippen LogP contribution >= 0.6 is 22.6 Å². The van der Waals surface area contributed by atoms with Crippen molar-refractivity contribution < 1.29 is 29.3 Å². The third-order valence-electron chi connectivity index (χ3n) is 7.86. The maximum absolute atomic E-state index is 12.4. The minimum Gasteiger partial charge on any atom is -0.460 e. The van der Waals surface area contributed by atoms with E-state index in [1.165, 1.54) is 0 Å². The molecule has 2 aliphatic carbocycles. The molecular weight excluding hydrogens is 499 g/mol. The number of ether oxygens (including phenoxy) is 2. The molecule has 2 rings (SSSR count). The van der Waals surface area contributed by atoms with Crippen molar-refractivity contribution in [2.45, 2.75) is 101 Å². The van der Waals surface area contributed by atoms with Gasteiger partial charge in [-0.1, -0.05) is 57.2 Å². The van der Waals surface area contributed by atoms with Crippen LogP contribution in [0.5, 0.6) is 0 Å². The summed E-state index contributed by atoms with van der Waals surface area (Å²) in [6, 6.07) is 0. The topological polar surface area (TPSA) is 93.1 Å². The Labute approximate surface area is 194 Å². The number of fused-ring (bicyclic) bond motifs is 2. The van der Waals surface area contributed by atoms with Crippen molar-refractivity contribution in [3.8, 4) is 0 Å². The normalized spacial score (nSPS) is 29.7. The van der Waals surface area contributed by atoms with E-state index in [2.05, 4.69) is 0 Å². The molecule has 2 saturated carbocycles. The molecule has 0 aromatic heterocycles. The lowest BCUT2D eigenvalue weighted by molar-refractivity contribution is -0.178. The molecule has 0 aromatic rings. The lowest BCUT2D eigenvalue weighted by Gasteiger charge is -2.50. The Morgan fingerprint density at radius 3 is 2.00 bits per heavy atom. The number of alkyl halides is 1. The van der Waals surface area contributed by atoms with Gasteiger partial charge in [-0.15, -0.1) is 0 Å². The molecule has 2 fully saturated rings. The Bertz CT molecular complexity index is 601. The second kappa shape index (κ2) is 10.5. The van der Waals surface area contributed by atoms with E-state index in [1.807, 2.05) is 57.2 Å². The van der Waals surface area contributed by atoms with Crippen molar-refractivity contribution in [3.63, 3.8) is 0 Å². The van der Waals surface area contributed by atoms with Crippen molar-refractivity contribution in [3.05, 3.63) is 0 Å². The number of aliphatic hydroxyl groups is 2. The van der Waals surface area contributed by atoms with E-state index in [1.54, 1.807) is 0 Å².